The Morgan fingerprint density at radius 1 is 1.60 bits per heavy atom. The van der Waals surface area contributed by atoms with Crippen molar-refractivity contribution in [3.05, 3.63) is 30.2 Å². The summed E-state index contributed by atoms with van der Waals surface area (Å²) in [5, 5.41) is 1.33. The van der Waals surface area contributed by atoms with E-state index in [-0.39, 0.29) is 5.12 Å². The summed E-state index contributed by atoms with van der Waals surface area (Å²) in [7, 11) is 0. The van der Waals surface area contributed by atoms with Gasteiger partial charge < -0.3 is 4.98 Å². The average molecular weight is 220 g/mol. The lowest BCUT2D eigenvalue weighted by Crippen LogP contribution is -1.90. The smallest absolute Gasteiger partial charge is 0.185 e. The predicted octanol–water partition coefficient (Wildman–Crippen LogP) is 2.39. The lowest BCUT2D eigenvalue weighted by molar-refractivity contribution is -0.109. The van der Waals surface area contributed by atoms with E-state index in [2.05, 4.69) is 9.97 Å². The second-order valence-electron chi connectivity index (χ2n) is 3.33. The van der Waals surface area contributed by atoms with E-state index in [4.69, 9.17) is 0 Å². The molecular weight excluding hydrogens is 208 g/mol. The minimum Gasteiger partial charge on any atom is -0.361 e. The van der Waals surface area contributed by atoms with E-state index in [0.29, 0.717) is 0 Å². The predicted molar refractivity (Wildman–Crippen MR) is 62.9 cm³/mol. The lowest BCUT2D eigenvalue weighted by Gasteiger charge is -1.96. The third-order valence-electron chi connectivity index (χ3n) is 2.25. The molecule has 0 saturated heterocycles. The Bertz CT molecular complexity index is 478. The highest BCUT2D eigenvalue weighted by atomic mass is 32.2. The number of aromatic amines is 1. The molecule has 0 amide bonds. The van der Waals surface area contributed by atoms with Crippen molar-refractivity contribution in [1.29, 1.82) is 0 Å². The van der Waals surface area contributed by atoms with Crippen molar-refractivity contribution < 1.29 is 4.79 Å². The molecule has 2 aromatic heterocycles. The number of fused-ring (bicyclic) bond motifs is 1. The molecule has 2 aromatic rings. The number of nitrogens with zero attached hydrogens (tertiary/aromatic N) is 1. The summed E-state index contributed by atoms with van der Waals surface area (Å²) >= 11 is 1.36. The van der Waals surface area contributed by atoms with Gasteiger partial charge in [0.1, 0.15) is 0 Å². The Hall–Kier alpha value is -1.29. The first-order valence-corrected chi connectivity index (χ1v) is 5.79. The maximum absolute atomic E-state index is 10.8. The van der Waals surface area contributed by atoms with Crippen molar-refractivity contribution in [2.75, 3.05) is 5.75 Å². The number of carbonyl (C=O) groups is 1. The molecule has 1 N–H and O–H groups in total. The molecule has 2 rings (SSSR count). The van der Waals surface area contributed by atoms with Crippen LogP contribution < -0.4 is 0 Å². The molecule has 0 saturated carbocycles. The van der Waals surface area contributed by atoms with Crippen molar-refractivity contribution in [3.63, 3.8) is 0 Å². The highest BCUT2D eigenvalue weighted by Gasteiger charge is 2.03. The Labute approximate surface area is 92.3 Å². The van der Waals surface area contributed by atoms with Crippen LogP contribution in [0.5, 0.6) is 0 Å². The van der Waals surface area contributed by atoms with Gasteiger partial charge in [0.05, 0.1) is 0 Å². The minimum atomic E-state index is 0.174. The van der Waals surface area contributed by atoms with Crippen LogP contribution in [-0.2, 0) is 11.2 Å². The van der Waals surface area contributed by atoms with E-state index in [9.17, 15) is 4.79 Å². The molecule has 0 aliphatic rings. The van der Waals surface area contributed by atoms with Crippen LogP contribution in [0.1, 0.15) is 12.5 Å². The molecule has 0 unspecified atom stereocenters. The Balaban J connectivity index is 2.11. The summed E-state index contributed by atoms with van der Waals surface area (Å²) in [4.78, 5) is 18.1. The molecule has 3 nitrogen and oxygen atoms in total. The zero-order chi connectivity index (χ0) is 10.7. The molecule has 0 radical (unpaired) electrons. The zero-order valence-electron chi connectivity index (χ0n) is 8.49. The highest BCUT2D eigenvalue weighted by molar-refractivity contribution is 8.13. The van der Waals surface area contributed by atoms with Gasteiger partial charge in [-0.1, -0.05) is 11.8 Å². The van der Waals surface area contributed by atoms with Crippen LogP contribution in [0.3, 0.4) is 0 Å². The van der Waals surface area contributed by atoms with Crippen LogP contribution in [0.15, 0.2) is 24.7 Å². The number of hydrogen-bond donors (Lipinski definition) is 1. The molecule has 2 heterocycles. The fourth-order valence-corrected chi connectivity index (χ4v) is 2.14. The van der Waals surface area contributed by atoms with Gasteiger partial charge in [-0.2, -0.15) is 0 Å². The number of hydrogen-bond acceptors (Lipinski definition) is 3. The van der Waals surface area contributed by atoms with Crippen molar-refractivity contribution >= 4 is 27.8 Å². The molecule has 4 heteroatoms. The third-order valence-corrected chi connectivity index (χ3v) is 3.06. The number of aromatic nitrogens is 2. The number of nitrogens with one attached hydrogen (secondary N) is 1. The molecule has 0 bridgehead atoms. The first-order chi connectivity index (χ1) is 7.27. The van der Waals surface area contributed by atoms with Crippen LogP contribution in [0, 0.1) is 0 Å². The second-order valence-corrected chi connectivity index (χ2v) is 4.60. The van der Waals surface area contributed by atoms with Crippen LogP contribution in [0.2, 0.25) is 0 Å². The van der Waals surface area contributed by atoms with Gasteiger partial charge >= 0.3 is 0 Å². The van der Waals surface area contributed by atoms with E-state index in [1.54, 1.807) is 13.1 Å². The monoisotopic (exact) mass is 220 g/mol. The molecule has 0 atom stereocenters. The third kappa shape index (κ3) is 2.39. The number of pyridine rings is 1. The van der Waals surface area contributed by atoms with Gasteiger partial charge in [-0.15, -0.1) is 0 Å². The van der Waals surface area contributed by atoms with Crippen LogP contribution in [0.25, 0.3) is 10.9 Å². The van der Waals surface area contributed by atoms with E-state index < -0.39 is 0 Å². The minimum absolute atomic E-state index is 0.174. The largest absolute Gasteiger partial charge is 0.361 e. The van der Waals surface area contributed by atoms with E-state index in [0.717, 1.165) is 23.1 Å². The van der Waals surface area contributed by atoms with Crippen LogP contribution in [0.4, 0.5) is 0 Å². The van der Waals surface area contributed by atoms with Gasteiger partial charge in [-0.05, 0) is 18.1 Å². The van der Waals surface area contributed by atoms with Gasteiger partial charge in [0.2, 0.25) is 0 Å². The van der Waals surface area contributed by atoms with Gasteiger partial charge in [0.25, 0.3) is 0 Å². The fraction of sp³-hybridized carbons (Fsp3) is 0.273. The number of aryl methyl sites for hydroxylation is 1. The second kappa shape index (κ2) is 4.49. The highest BCUT2D eigenvalue weighted by Crippen LogP contribution is 2.18. The molecule has 0 aliphatic heterocycles. The Morgan fingerprint density at radius 3 is 3.27 bits per heavy atom. The number of thioether (sulfide) groups is 1. The molecule has 0 aliphatic carbocycles. The summed E-state index contributed by atoms with van der Waals surface area (Å²) in [6, 6.07) is 1.96. The molecule has 15 heavy (non-hydrogen) atoms. The normalized spacial score (nSPS) is 10.7. The van der Waals surface area contributed by atoms with Crippen molar-refractivity contribution in [2.45, 2.75) is 13.3 Å². The maximum Gasteiger partial charge on any atom is 0.185 e. The lowest BCUT2D eigenvalue weighted by atomic mass is 10.2. The van der Waals surface area contributed by atoms with Gasteiger partial charge in [0.15, 0.2) is 5.12 Å². The SMILES string of the molecule is CC(=O)SCCc1c[nH]c2ccncc12. The topological polar surface area (TPSA) is 45.8 Å². The van der Waals surface area contributed by atoms with Crippen molar-refractivity contribution in [2.24, 2.45) is 0 Å². The standard InChI is InChI=1S/C11H12N2OS/c1-8(14)15-5-3-9-6-13-11-2-4-12-7-10(9)11/h2,4,6-7,13H,3,5H2,1H3. The first-order valence-electron chi connectivity index (χ1n) is 4.80. The molecule has 78 valence electrons. The molecular formula is C11H12N2OS. The maximum atomic E-state index is 10.8. The zero-order valence-corrected chi connectivity index (χ0v) is 9.30. The first kappa shape index (κ1) is 10.2. The van der Waals surface area contributed by atoms with Gasteiger partial charge in [0, 0.05) is 42.2 Å². The van der Waals surface area contributed by atoms with Crippen molar-refractivity contribution in [1.82, 2.24) is 9.97 Å². The van der Waals surface area contributed by atoms with E-state index in [1.165, 1.54) is 17.3 Å². The molecule has 0 aromatic carbocycles. The number of rotatable bonds is 3. The number of H-pyrrole nitrogens is 1. The Morgan fingerprint density at radius 2 is 2.47 bits per heavy atom. The summed E-state index contributed by atoms with van der Waals surface area (Å²) in [6.45, 7) is 1.60. The van der Waals surface area contributed by atoms with Gasteiger partial charge in [-0.25, -0.2) is 0 Å². The van der Waals surface area contributed by atoms with E-state index >= 15 is 0 Å². The quantitative estimate of drug-likeness (QED) is 0.863. The molecule has 0 spiro atoms. The van der Waals surface area contributed by atoms with Gasteiger partial charge in [-0.3, -0.25) is 9.78 Å². The van der Waals surface area contributed by atoms with Crippen molar-refractivity contribution in [3.8, 4) is 0 Å². The summed E-state index contributed by atoms with van der Waals surface area (Å²) in [5.74, 6) is 0.831. The van der Waals surface area contributed by atoms with Crippen LogP contribution >= 0.6 is 11.8 Å². The van der Waals surface area contributed by atoms with E-state index in [1.807, 2.05) is 18.5 Å². The number of carbonyl (C=O) groups excluding carboxylic acids is 1. The summed E-state index contributed by atoms with van der Waals surface area (Å²) in [5.41, 5.74) is 2.33. The fourth-order valence-electron chi connectivity index (χ4n) is 1.53. The summed E-state index contributed by atoms with van der Waals surface area (Å²) < 4.78 is 0. The summed E-state index contributed by atoms with van der Waals surface area (Å²) in [6.07, 6.45) is 6.52. The van der Waals surface area contributed by atoms with Crippen LogP contribution in [-0.4, -0.2) is 20.8 Å². The molecule has 0 fully saturated rings. The Kier molecular flexibility index (Phi) is 3.06. The average Bonchev–Trinajstić information content (AvgIpc) is 2.62.